The van der Waals surface area contributed by atoms with Crippen LogP contribution in [0.4, 0.5) is 5.69 Å². The Morgan fingerprint density at radius 3 is 2.87 bits per heavy atom. The molecule has 2 aromatic heterocycles. The third-order valence-corrected chi connectivity index (χ3v) is 9.08. The molecule has 6 nitrogen and oxygen atoms in total. The Balaban J connectivity index is 1.43. The van der Waals surface area contributed by atoms with Crippen molar-refractivity contribution in [1.29, 1.82) is 0 Å². The Morgan fingerprint density at radius 1 is 1.20 bits per heavy atom. The highest BCUT2D eigenvalue weighted by molar-refractivity contribution is 7.98. The van der Waals surface area contributed by atoms with Crippen molar-refractivity contribution in [1.82, 2.24) is 9.29 Å². The van der Waals surface area contributed by atoms with E-state index in [1.807, 2.05) is 42.5 Å². The summed E-state index contributed by atoms with van der Waals surface area (Å²) in [5.41, 5.74) is 1.72. The number of carbonyl (C=O) groups excluding carboxylic acids is 1. The monoisotopic (exact) mass is 459 g/mol. The van der Waals surface area contributed by atoms with Gasteiger partial charge in [-0.25, -0.2) is 13.4 Å². The van der Waals surface area contributed by atoms with E-state index in [1.54, 1.807) is 35.5 Å². The number of hydrogen-bond acceptors (Lipinski definition) is 6. The fourth-order valence-corrected chi connectivity index (χ4v) is 6.95. The molecule has 0 spiro atoms. The van der Waals surface area contributed by atoms with E-state index in [2.05, 4.69) is 10.3 Å². The van der Waals surface area contributed by atoms with E-state index in [9.17, 15) is 13.2 Å². The molecule has 4 rings (SSSR count). The molecule has 0 radical (unpaired) electrons. The molecular weight excluding hydrogens is 438 g/mol. The standard InChI is InChI=1S/C21H21N3O3S3/c25-21(18-8-4-12-24(18)30(26,27)20-10-5-13-28-20)23-17-7-3-6-16(14-17)15-29-19-9-1-2-11-22-19/h1-3,5-7,9-11,13-14,18H,4,8,12,15H2,(H,23,25). The highest BCUT2D eigenvalue weighted by Gasteiger charge is 2.39. The molecule has 1 aliphatic rings. The maximum absolute atomic E-state index is 12.9. The SMILES string of the molecule is O=C(Nc1cccc(CSc2ccccn2)c1)C1CCCN1S(=O)(=O)c1cccs1. The highest BCUT2D eigenvalue weighted by Crippen LogP contribution is 2.29. The fourth-order valence-electron chi connectivity index (χ4n) is 3.37. The van der Waals surface area contributed by atoms with Crippen molar-refractivity contribution in [2.75, 3.05) is 11.9 Å². The summed E-state index contributed by atoms with van der Waals surface area (Å²) < 4.78 is 27.4. The minimum Gasteiger partial charge on any atom is -0.325 e. The van der Waals surface area contributed by atoms with Crippen molar-refractivity contribution in [3.63, 3.8) is 0 Å². The van der Waals surface area contributed by atoms with Gasteiger partial charge in [0.2, 0.25) is 5.91 Å². The zero-order chi connectivity index (χ0) is 21.0. The summed E-state index contributed by atoms with van der Waals surface area (Å²) in [6, 6.07) is 16.0. The van der Waals surface area contributed by atoms with Gasteiger partial charge in [-0.05, 0) is 54.1 Å². The van der Waals surface area contributed by atoms with E-state index in [0.29, 0.717) is 25.1 Å². The van der Waals surface area contributed by atoms with E-state index < -0.39 is 16.1 Å². The van der Waals surface area contributed by atoms with Crippen LogP contribution in [0.25, 0.3) is 0 Å². The Kier molecular flexibility index (Phi) is 6.52. The van der Waals surface area contributed by atoms with Crippen molar-refractivity contribution in [3.8, 4) is 0 Å². The van der Waals surface area contributed by atoms with Crippen LogP contribution in [0.1, 0.15) is 18.4 Å². The van der Waals surface area contributed by atoms with Gasteiger partial charge >= 0.3 is 0 Å². The molecule has 1 fully saturated rings. The number of hydrogen-bond donors (Lipinski definition) is 1. The summed E-state index contributed by atoms with van der Waals surface area (Å²) in [6.45, 7) is 0.360. The average molecular weight is 460 g/mol. The number of benzene rings is 1. The summed E-state index contributed by atoms with van der Waals surface area (Å²) in [4.78, 5) is 17.2. The maximum atomic E-state index is 12.9. The van der Waals surface area contributed by atoms with Gasteiger partial charge < -0.3 is 5.32 Å². The highest BCUT2D eigenvalue weighted by atomic mass is 32.2. The third kappa shape index (κ3) is 4.75. The first kappa shape index (κ1) is 21.0. The molecule has 1 aromatic carbocycles. The summed E-state index contributed by atoms with van der Waals surface area (Å²) >= 11 is 2.79. The lowest BCUT2D eigenvalue weighted by Gasteiger charge is -2.22. The molecule has 1 aliphatic heterocycles. The van der Waals surface area contributed by atoms with Gasteiger partial charge in [-0.3, -0.25) is 4.79 Å². The molecule has 9 heteroatoms. The van der Waals surface area contributed by atoms with E-state index in [0.717, 1.165) is 16.3 Å². The van der Waals surface area contributed by atoms with E-state index in [1.165, 1.54) is 15.6 Å². The molecule has 30 heavy (non-hydrogen) atoms. The van der Waals surface area contributed by atoms with Gasteiger partial charge in [0.15, 0.2) is 0 Å². The number of thioether (sulfide) groups is 1. The lowest BCUT2D eigenvalue weighted by molar-refractivity contribution is -0.119. The quantitative estimate of drug-likeness (QED) is 0.535. The smallest absolute Gasteiger partial charge is 0.253 e. The van der Waals surface area contributed by atoms with Crippen molar-refractivity contribution < 1.29 is 13.2 Å². The summed E-state index contributed by atoms with van der Waals surface area (Å²) in [5.74, 6) is 0.436. The third-order valence-electron chi connectivity index (χ3n) is 4.78. The molecular formula is C21H21N3O3S3. The van der Waals surface area contributed by atoms with Crippen molar-refractivity contribution in [3.05, 3.63) is 71.7 Å². The van der Waals surface area contributed by atoms with Gasteiger partial charge in [-0.15, -0.1) is 23.1 Å². The van der Waals surface area contributed by atoms with Crippen molar-refractivity contribution in [2.24, 2.45) is 0 Å². The first-order valence-corrected chi connectivity index (χ1v) is 12.8. The van der Waals surface area contributed by atoms with E-state index in [4.69, 9.17) is 0 Å². The Hall–Kier alpha value is -2.20. The van der Waals surface area contributed by atoms with Crippen LogP contribution in [0.5, 0.6) is 0 Å². The molecule has 156 valence electrons. The predicted molar refractivity (Wildman–Crippen MR) is 120 cm³/mol. The largest absolute Gasteiger partial charge is 0.325 e. The zero-order valence-electron chi connectivity index (χ0n) is 16.1. The van der Waals surface area contributed by atoms with Gasteiger partial charge in [0, 0.05) is 24.2 Å². The van der Waals surface area contributed by atoms with Gasteiger partial charge in [-0.1, -0.05) is 24.3 Å². The molecule has 1 atom stereocenters. The van der Waals surface area contributed by atoms with Gasteiger partial charge in [0.1, 0.15) is 10.3 Å². The minimum atomic E-state index is -3.65. The van der Waals surface area contributed by atoms with Crippen molar-refractivity contribution >= 4 is 44.7 Å². The average Bonchev–Trinajstić information content (AvgIpc) is 3.46. The topological polar surface area (TPSA) is 79.4 Å². The fraction of sp³-hybridized carbons (Fsp3) is 0.238. The minimum absolute atomic E-state index is 0.274. The number of thiophene rings is 1. The first-order valence-electron chi connectivity index (χ1n) is 9.53. The van der Waals surface area contributed by atoms with E-state index >= 15 is 0 Å². The van der Waals surface area contributed by atoms with Crippen LogP contribution in [-0.2, 0) is 20.6 Å². The predicted octanol–water partition coefficient (Wildman–Crippen LogP) is 4.23. The molecule has 1 N–H and O–H groups in total. The van der Waals surface area contributed by atoms with Gasteiger partial charge in [-0.2, -0.15) is 4.31 Å². The van der Waals surface area contributed by atoms with Crippen LogP contribution in [0.15, 0.2) is 75.4 Å². The number of amides is 1. The summed E-state index contributed by atoms with van der Waals surface area (Å²) in [6.07, 6.45) is 2.95. The number of anilines is 1. The number of pyridine rings is 1. The van der Waals surface area contributed by atoms with E-state index in [-0.39, 0.29) is 10.1 Å². The number of nitrogens with zero attached hydrogens (tertiary/aromatic N) is 2. The zero-order valence-corrected chi connectivity index (χ0v) is 18.6. The maximum Gasteiger partial charge on any atom is 0.253 e. The van der Waals surface area contributed by atoms with Crippen LogP contribution >= 0.6 is 23.1 Å². The molecule has 0 bridgehead atoms. The van der Waals surface area contributed by atoms with Crippen LogP contribution in [0, 0.1) is 0 Å². The molecule has 0 saturated carbocycles. The van der Waals surface area contributed by atoms with Crippen LogP contribution in [0.2, 0.25) is 0 Å². The van der Waals surface area contributed by atoms with Crippen molar-refractivity contribution in [2.45, 2.75) is 33.9 Å². The van der Waals surface area contributed by atoms with Gasteiger partial charge in [0.05, 0.1) is 5.03 Å². The second-order valence-corrected chi connectivity index (χ2v) is 10.9. The van der Waals surface area contributed by atoms with Crippen LogP contribution < -0.4 is 5.32 Å². The molecule has 0 aliphatic carbocycles. The Morgan fingerprint density at radius 2 is 2.10 bits per heavy atom. The number of carbonyl (C=O) groups is 1. The summed E-state index contributed by atoms with van der Waals surface area (Å²) in [7, 11) is -3.65. The second kappa shape index (κ2) is 9.30. The number of aromatic nitrogens is 1. The number of rotatable bonds is 7. The molecule has 1 amide bonds. The summed E-state index contributed by atoms with van der Waals surface area (Å²) in [5, 5.41) is 5.57. The molecule has 1 unspecified atom stereocenters. The first-order chi connectivity index (χ1) is 14.5. The van der Waals surface area contributed by atoms with Crippen LogP contribution in [0.3, 0.4) is 0 Å². The normalized spacial score (nSPS) is 17.1. The lowest BCUT2D eigenvalue weighted by atomic mass is 10.2. The Bertz CT molecular complexity index is 1100. The van der Waals surface area contributed by atoms with Crippen LogP contribution in [-0.4, -0.2) is 36.2 Å². The lowest BCUT2D eigenvalue weighted by Crippen LogP contribution is -2.42. The number of sulfonamides is 1. The Labute approximate surface area is 184 Å². The molecule has 3 heterocycles. The number of nitrogens with one attached hydrogen (secondary N) is 1. The second-order valence-electron chi connectivity index (χ2n) is 6.85. The van der Waals surface area contributed by atoms with Gasteiger partial charge in [0.25, 0.3) is 10.0 Å². The molecule has 3 aromatic rings. The molecule has 1 saturated heterocycles.